The largest absolute Gasteiger partial charge is 0.318 e. The molecule has 2 N–H and O–H groups in total. The predicted molar refractivity (Wildman–Crippen MR) is 66.1 cm³/mol. The summed E-state index contributed by atoms with van der Waals surface area (Å²) in [6, 6.07) is 8.49. The first-order valence-electron chi connectivity index (χ1n) is 5.11. The van der Waals surface area contributed by atoms with Gasteiger partial charge in [-0.05, 0) is 48.6 Å². The normalized spacial score (nSPS) is 14.8. The summed E-state index contributed by atoms with van der Waals surface area (Å²) >= 11 is 1.66. The third-order valence-corrected chi connectivity index (χ3v) is 3.69. The van der Waals surface area contributed by atoms with Gasteiger partial charge < -0.3 is 5.73 Å². The maximum atomic E-state index is 13.2. The van der Waals surface area contributed by atoms with Gasteiger partial charge in [-0.2, -0.15) is 0 Å². The molecule has 0 saturated heterocycles. The van der Waals surface area contributed by atoms with Crippen LogP contribution in [-0.4, -0.2) is 0 Å². The molecule has 1 unspecified atom stereocenters. The van der Waals surface area contributed by atoms with Gasteiger partial charge in [-0.25, -0.2) is 4.39 Å². The Morgan fingerprint density at radius 2 is 2.06 bits per heavy atom. The molecule has 0 fully saturated rings. The van der Waals surface area contributed by atoms with Crippen LogP contribution in [0, 0.1) is 12.7 Å². The van der Waals surface area contributed by atoms with Gasteiger partial charge in [0.2, 0.25) is 0 Å². The molecule has 0 aliphatic rings. The number of nitrogens with two attached hydrogens (primary N) is 1. The van der Waals surface area contributed by atoms with E-state index in [4.69, 9.17) is 5.73 Å². The van der Waals surface area contributed by atoms with E-state index in [-0.39, 0.29) is 5.82 Å². The Labute approximate surface area is 98.7 Å². The van der Waals surface area contributed by atoms with Gasteiger partial charge in [0.15, 0.2) is 0 Å². The summed E-state index contributed by atoms with van der Waals surface area (Å²) in [5.41, 5.74) is 7.54. The van der Waals surface area contributed by atoms with Crippen LogP contribution in [0.25, 0.3) is 0 Å². The van der Waals surface area contributed by atoms with Crippen molar-refractivity contribution < 1.29 is 4.39 Å². The molecule has 1 aromatic carbocycles. The Bertz CT molecular complexity index is 502. The molecule has 0 spiro atoms. The Kier molecular flexibility index (Phi) is 2.82. The van der Waals surface area contributed by atoms with Crippen molar-refractivity contribution in [2.24, 2.45) is 5.73 Å². The molecular formula is C13H14FNS. The van der Waals surface area contributed by atoms with Crippen LogP contribution in [0.15, 0.2) is 35.7 Å². The maximum absolute atomic E-state index is 13.2. The Morgan fingerprint density at radius 3 is 2.62 bits per heavy atom. The fourth-order valence-corrected chi connectivity index (χ4v) is 2.71. The standard InChI is InChI=1S/C13H14FNS/c1-9-12(6-7-16-9)13(2,15)10-4-3-5-11(14)8-10/h3-8H,15H2,1-2H3. The van der Waals surface area contributed by atoms with E-state index in [0.717, 1.165) is 11.1 Å². The average Bonchev–Trinajstić information content (AvgIpc) is 2.65. The Hall–Kier alpha value is -1.19. The van der Waals surface area contributed by atoms with E-state index < -0.39 is 5.54 Å². The van der Waals surface area contributed by atoms with Crippen LogP contribution in [0.2, 0.25) is 0 Å². The molecule has 1 aromatic heterocycles. The van der Waals surface area contributed by atoms with Gasteiger partial charge in [-0.3, -0.25) is 0 Å². The van der Waals surface area contributed by atoms with E-state index in [0.29, 0.717) is 0 Å². The smallest absolute Gasteiger partial charge is 0.123 e. The van der Waals surface area contributed by atoms with Crippen molar-refractivity contribution in [1.29, 1.82) is 0 Å². The van der Waals surface area contributed by atoms with E-state index in [1.165, 1.54) is 17.0 Å². The lowest BCUT2D eigenvalue weighted by atomic mass is 9.86. The van der Waals surface area contributed by atoms with Gasteiger partial charge >= 0.3 is 0 Å². The minimum absolute atomic E-state index is 0.248. The van der Waals surface area contributed by atoms with Crippen molar-refractivity contribution in [1.82, 2.24) is 0 Å². The minimum Gasteiger partial charge on any atom is -0.318 e. The van der Waals surface area contributed by atoms with Crippen molar-refractivity contribution in [3.63, 3.8) is 0 Å². The lowest BCUT2D eigenvalue weighted by Crippen LogP contribution is -2.34. The zero-order valence-electron chi connectivity index (χ0n) is 9.33. The SMILES string of the molecule is Cc1sccc1C(C)(N)c1cccc(F)c1. The number of benzene rings is 1. The fraction of sp³-hybridized carbons (Fsp3) is 0.231. The first-order chi connectivity index (χ1) is 7.51. The molecule has 2 aromatic rings. The van der Waals surface area contributed by atoms with E-state index in [1.54, 1.807) is 17.4 Å². The third-order valence-electron chi connectivity index (χ3n) is 2.84. The average molecular weight is 235 g/mol. The molecule has 0 saturated carbocycles. The van der Waals surface area contributed by atoms with Gasteiger partial charge in [0.1, 0.15) is 5.82 Å². The highest BCUT2D eigenvalue weighted by atomic mass is 32.1. The van der Waals surface area contributed by atoms with Gasteiger partial charge in [0.25, 0.3) is 0 Å². The molecule has 3 heteroatoms. The molecule has 16 heavy (non-hydrogen) atoms. The summed E-state index contributed by atoms with van der Waals surface area (Å²) in [7, 11) is 0. The first-order valence-corrected chi connectivity index (χ1v) is 5.99. The second-order valence-electron chi connectivity index (χ2n) is 4.10. The quantitative estimate of drug-likeness (QED) is 0.848. The summed E-state index contributed by atoms with van der Waals surface area (Å²) in [6.07, 6.45) is 0. The molecule has 0 bridgehead atoms. The van der Waals surface area contributed by atoms with Crippen molar-refractivity contribution in [2.45, 2.75) is 19.4 Å². The molecule has 0 amide bonds. The minimum atomic E-state index is -0.633. The summed E-state index contributed by atoms with van der Waals surface area (Å²) in [5, 5.41) is 2.01. The second kappa shape index (κ2) is 4.00. The molecule has 2 rings (SSSR count). The molecule has 1 atom stereocenters. The maximum Gasteiger partial charge on any atom is 0.123 e. The van der Waals surface area contributed by atoms with Crippen LogP contribution >= 0.6 is 11.3 Å². The molecular weight excluding hydrogens is 221 g/mol. The van der Waals surface area contributed by atoms with Gasteiger partial charge in [-0.1, -0.05) is 12.1 Å². The van der Waals surface area contributed by atoms with Crippen molar-refractivity contribution >= 4 is 11.3 Å². The zero-order chi connectivity index (χ0) is 11.8. The summed E-state index contributed by atoms with van der Waals surface area (Å²) in [6.45, 7) is 3.95. The molecule has 0 radical (unpaired) electrons. The highest BCUT2D eigenvalue weighted by Crippen LogP contribution is 2.31. The fourth-order valence-electron chi connectivity index (χ4n) is 1.89. The van der Waals surface area contributed by atoms with Gasteiger partial charge in [0.05, 0.1) is 5.54 Å². The Balaban J connectivity index is 2.51. The van der Waals surface area contributed by atoms with Crippen LogP contribution in [0.5, 0.6) is 0 Å². The predicted octanol–water partition coefficient (Wildman–Crippen LogP) is 3.42. The summed E-state index contributed by atoms with van der Waals surface area (Å²) in [4.78, 5) is 1.18. The van der Waals surface area contributed by atoms with Crippen molar-refractivity contribution in [3.8, 4) is 0 Å². The van der Waals surface area contributed by atoms with E-state index in [2.05, 4.69) is 0 Å². The van der Waals surface area contributed by atoms with Gasteiger partial charge in [0, 0.05) is 4.88 Å². The summed E-state index contributed by atoms with van der Waals surface area (Å²) in [5.74, 6) is -0.248. The number of halogens is 1. The topological polar surface area (TPSA) is 26.0 Å². The van der Waals surface area contributed by atoms with Crippen molar-refractivity contribution in [2.75, 3.05) is 0 Å². The second-order valence-corrected chi connectivity index (χ2v) is 5.22. The lowest BCUT2D eigenvalue weighted by Gasteiger charge is -2.25. The molecule has 1 heterocycles. The van der Waals surface area contributed by atoms with Crippen LogP contribution < -0.4 is 5.73 Å². The van der Waals surface area contributed by atoms with E-state index in [1.807, 2.05) is 31.4 Å². The number of aryl methyl sites for hydroxylation is 1. The monoisotopic (exact) mass is 235 g/mol. The van der Waals surface area contributed by atoms with Gasteiger partial charge in [-0.15, -0.1) is 11.3 Å². The van der Waals surface area contributed by atoms with Crippen LogP contribution in [0.3, 0.4) is 0 Å². The Morgan fingerprint density at radius 1 is 1.31 bits per heavy atom. The van der Waals surface area contributed by atoms with Crippen LogP contribution in [0.1, 0.15) is 22.9 Å². The highest BCUT2D eigenvalue weighted by Gasteiger charge is 2.26. The number of hydrogen-bond donors (Lipinski definition) is 1. The number of thiophene rings is 1. The number of rotatable bonds is 2. The molecule has 0 aliphatic carbocycles. The highest BCUT2D eigenvalue weighted by molar-refractivity contribution is 7.10. The molecule has 84 valence electrons. The zero-order valence-corrected chi connectivity index (χ0v) is 10.1. The van der Waals surface area contributed by atoms with E-state index >= 15 is 0 Å². The van der Waals surface area contributed by atoms with Crippen molar-refractivity contribution in [3.05, 3.63) is 57.5 Å². The first kappa shape index (κ1) is 11.3. The van der Waals surface area contributed by atoms with E-state index in [9.17, 15) is 4.39 Å². The third kappa shape index (κ3) is 1.88. The number of hydrogen-bond acceptors (Lipinski definition) is 2. The summed E-state index contributed by atoms with van der Waals surface area (Å²) < 4.78 is 13.2. The molecule has 1 nitrogen and oxygen atoms in total. The van der Waals surface area contributed by atoms with Crippen LogP contribution in [0.4, 0.5) is 4.39 Å². The lowest BCUT2D eigenvalue weighted by molar-refractivity contribution is 0.581. The molecule has 0 aliphatic heterocycles. The van der Waals surface area contributed by atoms with Crippen LogP contribution in [-0.2, 0) is 5.54 Å².